The summed E-state index contributed by atoms with van der Waals surface area (Å²) in [5.74, 6) is -0.414. The number of hydrogen-bond donors (Lipinski definition) is 3. The van der Waals surface area contributed by atoms with Crippen molar-refractivity contribution in [2.75, 3.05) is 0 Å². The lowest BCUT2D eigenvalue weighted by molar-refractivity contribution is 0.286. The van der Waals surface area contributed by atoms with Crippen LogP contribution in [0.5, 0.6) is 5.88 Å². The fourth-order valence-corrected chi connectivity index (χ4v) is 1.45. The third kappa shape index (κ3) is 2.41. The summed E-state index contributed by atoms with van der Waals surface area (Å²) in [6.07, 6.45) is 0. The number of aromatic hydroxyl groups is 1. The Bertz CT molecular complexity index is 509. The zero-order chi connectivity index (χ0) is 12.3. The molecule has 17 heavy (non-hydrogen) atoms. The molecule has 0 aliphatic heterocycles. The molecular weight excluding hydrogens is 220 g/mol. The van der Waals surface area contributed by atoms with E-state index in [2.05, 4.69) is 20.3 Å². The van der Waals surface area contributed by atoms with Gasteiger partial charge in [-0.3, -0.25) is 5.41 Å². The SMILES string of the molecule is CC(NC(=N)c1nonc1O)c1ccccc1. The van der Waals surface area contributed by atoms with Gasteiger partial charge in [-0.15, -0.1) is 0 Å². The van der Waals surface area contributed by atoms with Crippen molar-refractivity contribution in [2.24, 2.45) is 0 Å². The molecule has 1 heterocycles. The highest BCUT2D eigenvalue weighted by molar-refractivity contribution is 5.96. The predicted molar refractivity (Wildman–Crippen MR) is 60.8 cm³/mol. The molecule has 1 unspecified atom stereocenters. The molecule has 2 rings (SSSR count). The van der Waals surface area contributed by atoms with Gasteiger partial charge in [0.1, 0.15) is 0 Å². The molecule has 6 heteroatoms. The molecule has 1 aromatic heterocycles. The summed E-state index contributed by atoms with van der Waals surface area (Å²) in [5, 5.41) is 26.5. The van der Waals surface area contributed by atoms with Crippen molar-refractivity contribution in [3.05, 3.63) is 41.6 Å². The van der Waals surface area contributed by atoms with E-state index < -0.39 is 0 Å². The second kappa shape index (κ2) is 4.65. The zero-order valence-corrected chi connectivity index (χ0v) is 9.21. The Kier molecular flexibility index (Phi) is 3.04. The van der Waals surface area contributed by atoms with Crippen molar-refractivity contribution in [1.82, 2.24) is 15.6 Å². The summed E-state index contributed by atoms with van der Waals surface area (Å²) < 4.78 is 4.32. The van der Waals surface area contributed by atoms with Gasteiger partial charge >= 0.3 is 0 Å². The van der Waals surface area contributed by atoms with E-state index in [0.717, 1.165) is 5.56 Å². The standard InChI is InChI=1S/C11H12N4O2/c1-7(8-5-3-2-4-6-8)13-10(12)9-11(16)15-17-14-9/h2-7H,1H3,(H2,12,13)(H,15,16). The van der Waals surface area contributed by atoms with Gasteiger partial charge in [-0.1, -0.05) is 30.3 Å². The van der Waals surface area contributed by atoms with Crippen LogP contribution in [0.1, 0.15) is 24.2 Å². The van der Waals surface area contributed by atoms with Gasteiger partial charge in [-0.2, -0.15) is 0 Å². The van der Waals surface area contributed by atoms with Gasteiger partial charge in [0.15, 0.2) is 5.84 Å². The van der Waals surface area contributed by atoms with Gasteiger partial charge in [0.05, 0.1) is 0 Å². The lowest BCUT2D eigenvalue weighted by atomic mass is 10.1. The minimum Gasteiger partial charge on any atom is -0.489 e. The maximum Gasteiger partial charge on any atom is 0.284 e. The van der Waals surface area contributed by atoms with Crippen LogP contribution in [0.4, 0.5) is 0 Å². The predicted octanol–water partition coefficient (Wildman–Crippen LogP) is 1.45. The molecule has 0 bridgehead atoms. The highest BCUT2D eigenvalue weighted by atomic mass is 16.6. The number of amidine groups is 1. The third-order valence-electron chi connectivity index (χ3n) is 2.37. The van der Waals surface area contributed by atoms with E-state index >= 15 is 0 Å². The summed E-state index contributed by atoms with van der Waals surface area (Å²) in [6, 6.07) is 9.60. The van der Waals surface area contributed by atoms with Gasteiger partial charge in [0.2, 0.25) is 5.69 Å². The normalized spacial score (nSPS) is 12.1. The quantitative estimate of drug-likeness (QED) is 0.550. The molecule has 0 aliphatic rings. The number of benzene rings is 1. The lowest BCUT2D eigenvalue weighted by Crippen LogP contribution is -2.27. The molecule has 2 aromatic rings. The summed E-state index contributed by atoms with van der Waals surface area (Å²) in [5.41, 5.74) is 1.04. The molecule has 1 aromatic carbocycles. The highest BCUT2D eigenvalue weighted by Crippen LogP contribution is 2.14. The van der Waals surface area contributed by atoms with E-state index in [1.54, 1.807) is 0 Å². The van der Waals surface area contributed by atoms with E-state index in [-0.39, 0.29) is 23.5 Å². The first-order valence-electron chi connectivity index (χ1n) is 5.10. The number of rotatable bonds is 3. The fraction of sp³-hybridized carbons (Fsp3) is 0.182. The topological polar surface area (TPSA) is 95.0 Å². The Hall–Kier alpha value is -2.37. The maximum absolute atomic E-state index is 9.26. The molecule has 0 amide bonds. The molecule has 0 aliphatic carbocycles. The van der Waals surface area contributed by atoms with E-state index in [4.69, 9.17) is 5.41 Å². The van der Waals surface area contributed by atoms with Crippen LogP contribution >= 0.6 is 0 Å². The van der Waals surface area contributed by atoms with Crippen LogP contribution in [0.25, 0.3) is 0 Å². The van der Waals surface area contributed by atoms with E-state index in [0.29, 0.717) is 0 Å². The van der Waals surface area contributed by atoms with Crippen molar-refractivity contribution >= 4 is 5.84 Å². The number of aromatic nitrogens is 2. The lowest BCUT2D eigenvalue weighted by Gasteiger charge is -2.14. The molecule has 3 N–H and O–H groups in total. The Balaban J connectivity index is 2.08. The van der Waals surface area contributed by atoms with Gasteiger partial charge in [-0.25, -0.2) is 4.63 Å². The van der Waals surface area contributed by atoms with Crippen LogP contribution in [-0.2, 0) is 0 Å². The van der Waals surface area contributed by atoms with Crippen molar-refractivity contribution in [2.45, 2.75) is 13.0 Å². The Morgan fingerprint density at radius 1 is 1.35 bits per heavy atom. The van der Waals surface area contributed by atoms with Gasteiger partial charge < -0.3 is 10.4 Å². The molecule has 6 nitrogen and oxygen atoms in total. The van der Waals surface area contributed by atoms with Crippen molar-refractivity contribution < 1.29 is 9.74 Å². The summed E-state index contributed by atoms with van der Waals surface area (Å²) in [7, 11) is 0. The average molecular weight is 232 g/mol. The average Bonchev–Trinajstić information content (AvgIpc) is 2.76. The molecule has 0 fully saturated rings. The van der Waals surface area contributed by atoms with E-state index in [1.807, 2.05) is 37.3 Å². The Labute approximate surface area is 97.7 Å². The van der Waals surface area contributed by atoms with Gasteiger partial charge in [0, 0.05) is 6.04 Å². The van der Waals surface area contributed by atoms with Gasteiger partial charge in [0.25, 0.3) is 5.88 Å². The highest BCUT2D eigenvalue weighted by Gasteiger charge is 2.16. The molecule has 88 valence electrons. The van der Waals surface area contributed by atoms with E-state index in [9.17, 15) is 5.11 Å². The van der Waals surface area contributed by atoms with Crippen LogP contribution in [0, 0.1) is 5.41 Å². The van der Waals surface area contributed by atoms with Gasteiger partial charge in [-0.05, 0) is 22.8 Å². The van der Waals surface area contributed by atoms with Crippen LogP contribution < -0.4 is 5.32 Å². The third-order valence-corrected chi connectivity index (χ3v) is 2.37. The largest absolute Gasteiger partial charge is 0.489 e. The molecule has 0 saturated carbocycles. The molecule has 0 radical (unpaired) electrons. The Morgan fingerprint density at radius 2 is 2.06 bits per heavy atom. The van der Waals surface area contributed by atoms with Crippen molar-refractivity contribution in [1.29, 1.82) is 5.41 Å². The van der Waals surface area contributed by atoms with E-state index in [1.165, 1.54) is 0 Å². The monoisotopic (exact) mass is 232 g/mol. The van der Waals surface area contributed by atoms with Crippen LogP contribution in [0.2, 0.25) is 0 Å². The number of nitrogens with one attached hydrogen (secondary N) is 2. The Morgan fingerprint density at radius 3 is 2.65 bits per heavy atom. The molecule has 0 saturated heterocycles. The first-order valence-corrected chi connectivity index (χ1v) is 5.10. The zero-order valence-electron chi connectivity index (χ0n) is 9.21. The minimum absolute atomic E-state index is 0.00720. The summed E-state index contributed by atoms with van der Waals surface area (Å²) >= 11 is 0. The second-order valence-electron chi connectivity index (χ2n) is 3.59. The maximum atomic E-state index is 9.26. The molecule has 0 spiro atoms. The smallest absolute Gasteiger partial charge is 0.284 e. The van der Waals surface area contributed by atoms with Crippen molar-refractivity contribution in [3.63, 3.8) is 0 Å². The van der Waals surface area contributed by atoms with Crippen LogP contribution in [-0.4, -0.2) is 21.3 Å². The summed E-state index contributed by atoms with van der Waals surface area (Å²) in [4.78, 5) is 0. The van der Waals surface area contributed by atoms with Crippen LogP contribution in [0.15, 0.2) is 35.0 Å². The first-order chi connectivity index (χ1) is 8.18. The first kappa shape index (κ1) is 11.1. The van der Waals surface area contributed by atoms with Crippen molar-refractivity contribution in [3.8, 4) is 5.88 Å². The fourth-order valence-electron chi connectivity index (χ4n) is 1.45. The van der Waals surface area contributed by atoms with Crippen LogP contribution in [0.3, 0.4) is 0 Å². The molecule has 1 atom stereocenters. The molecular formula is C11H12N4O2. The number of nitrogens with zero attached hydrogens (tertiary/aromatic N) is 2. The number of hydrogen-bond acceptors (Lipinski definition) is 5. The minimum atomic E-state index is -0.386. The second-order valence-corrected chi connectivity index (χ2v) is 3.59. The summed E-state index contributed by atoms with van der Waals surface area (Å²) in [6.45, 7) is 1.91.